The lowest BCUT2D eigenvalue weighted by Gasteiger charge is -2.24. The third-order valence-electron chi connectivity index (χ3n) is 1.67. The molecule has 0 saturated carbocycles. The van der Waals surface area contributed by atoms with Crippen LogP contribution in [-0.4, -0.2) is 50.3 Å². The summed E-state index contributed by atoms with van der Waals surface area (Å²) in [7, 11) is 6.19. The summed E-state index contributed by atoms with van der Waals surface area (Å²) in [5.74, 6) is 0. The van der Waals surface area contributed by atoms with E-state index in [1.807, 2.05) is 0 Å². The first-order chi connectivity index (χ1) is 5.04. The normalized spacial score (nSPS) is 12.0. The monoisotopic (exact) mass is 159 g/mol. The Morgan fingerprint density at radius 2 is 1.73 bits per heavy atom. The summed E-state index contributed by atoms with van der Waals surface area (Å²) in [5, 5.41) is 7.62. The summed E-state index contributed by atoms with van der Waals surface area (Å²) < 4.78 is 0. The predicted octanol–water partition coefficient (Wildman–Crippen LogP) is 0.393. The summed E-state index contributed by atoms with van der Waals surface area (Å²) in [4.78, 5) is 0. The fourth-order valence-electron chi connectivity index (χ4n) is 0.715. The molecule has 0 saturated heterocycles. The molecule has 3 heteroatoms. The molecule has 0 amide bonds. The molecule has 0 unspecified atom stereocenters. The van der Waals surface area contributed by atoms with Crippen LogP contribution in [0, 0.1) is 0 Å². The van der Waals surface area contributed by atoms with Crippen LogP contribution in [-0.2, 0) is 0 Å². The predicted molar refractivity (Wildman–Crippen MR) is 49.5 cm³/mol. The van der Waals surface area contributed by atoms with Crippen molar-refractivity contribution in [3.05, 3.63) is 0 Å². The zero-order valence-corrected chi connectivity index (χ0v) is 8.39. The zero-order valence-electron chi connectivity index (χ0n) is 8.39. The van der Waals surface area contributed by atoms with Crippen LogP contribution in [0.1, 0.15) is 13.8 Å². The Morgan fingerprint density at radius 1 is 1.18 bits per heavy atom. The minimum atomic E-state index is 0.588. The second kappa shape index (κ2) is 5.52. The van der Waals surface area contributed by atoms with E-state index in [0.29, 0.717) is 6.04 Å². The Morgan fingerprint density at radius 3 is 2.09 bits per heavy atom. The van der Waals surface area contributed by atoms with E-state index >= 15 is 0 Å². The van der Waals surface area contributed by atoms with Crippen LogP contribution >= 0.6 is 0 Å². The van der Waals surface area contributed by atoms with Gasteiger partial charge >= 0.3 is 0 Å². The first-order valence-electron chi connectivity index (χ1n) is 4.15. The van der Waals surface area contributed by atoms with Gasteiger partial charge in [-0.05, 0) is 0 Å². The maximum absolute atomic E-state index is 3.36. The lowest BCUT2D eigenvalue weighted by Crippen LogP contribution is -2.39. The smallest absolute Gasteiger partial charge is 0.0255 e. The molecule has 0 aliphatic rings. The number of rotatable bonds is 5. The summed E-state index contributed by atoms with van der Waals surface area (Å²) in [6.07, 6.45) is 0. The van der Waals surface area contributed by atoms with Crippen LogP contribution < -0.4 is 5.32 Å². The molecule has 0 fully saturated rings. The number of hydrogen-bond acceptors (Lipinski definition) is 3. The van der Waals surface area contributed by atoms with Crippen molar-refractivity contribution in [3.8, 4) is 0 Å². The van der Waals surface area contributed by atoms with Crippen molar-refractivity contribution in [3.63, 3.8) is 0 Å². The maximum Gasteiger partial charge on any atom is 0.0255 e. The van der Waals surface area contributed by atoms with Crippen molar-refractivity contribution in [2.24, 2.45) is 0 Å². The van der Waals surface area contributed by atoms with E-state index < -0.39 is 0 Å². The van der Waals surface area contributed by atoms with Gasteiger partial charge in [-0.1, -0.05) is 13.8 Å². The second-order valence-electron chi connectivity index (χ2n) is 3.34. The fourth-order valence-corrected chi connectivity index (χ4v) is 0.715. The highest BCUT2D eigenvalue weighted by Crippen LogP contribution is 1.83. The average Bonchev–Trinajstić information content (AvgIpc) is 1.86. The van der Waals surface area contributed by atoms with Gasteiger partial charge in [-0.2, -0.15) is 0 Å². The fraction of sp³-hybridized carbons (Fsp3) is 1.00. The topological polar surface area (TPSA) is 18.5 Å². The van der Waals surface area contributed by atoms with Gasteiger partial charge in [-0.15, -0.1) is 0 Å². The van der Waals surface area contributed by atoms with Crippen molar-refractivity contribution in [2.75, 3.05) is 34.2 Å². The van der Waals surface area contributed by atoms with Crippen LogP contribution in [0.2, 0.25) is 0 Å². The molecule has 0 heterocycles. The Labute approximate surface area is 70.3 Å². The quantitative estimate of drug-likeness (QED) is 0.586. The summed E-state index contributed by atoms with van der Waals surface area (Å²) in [5.41, 5.74) is 0. The molecule has 0 aromatic carbocycles. The molecule has 0 radical (unpaired) electrons. The Kier molecular flexibility index (Phi) is 5.46. The molecule has 0 atom stereocenters. The van der Waals surface area contributed by atoms with Gasteiger partial charge in [0.2, 0.25) is 0 Å². The molecular formula is C8H21N3. The summed E-state index contributed by atoms with van der Waals surface area (Å²) in [6, 6.07) is 0.588. The number of hydrogen-bond donors (Lipinski definition) is 1. The van der Waals surface area contributed by atoms with E-state index in [-0.39, 0.29) is 0 Å². The molecule has 0 aliphatic carbocycles. The number of likely N-dealkylation sites (N-methyl/N-ethyl adjacent to an activating group) is 1. The highest BCUT2D eigenvalue weighted by Gasteiger charge is 1.99. The highest BCUT2D eigenvalue weighted by atomic mass is 15.6. The van der Waals surface area contributed by atoms with Gasteiger partial charge in [0.15, 0.2) is 0 Å². The van der Waals surface area contributed by atoms with E-state index in [9.17, 15) is 0 Å². The minimum Gasteiger partial charge on any atom is -0.313 e. The second-order valence-corrected chi connectivity index (χ2v) is 3.34. The minimum absolute atomic E-state index is 0.588. The average molecular weight is 159 g/mol. The lowest BCUT2D eigenvalue weighted by molar-refractivity contribution is 0.0570. The Balaban J connectivity index is 3.24. The van der Waals surface area contributed by atoms with Gasteiger partial charge < -0.3 is 5.32 Å². The summed E-state index contributed by atoms with van der Waals surface area (Å²) >= 11 is 0. The molecule has 0 aliphatic heterocycles. The van der Waals surface area contributed by atoms with E-state index in [0.717, 1.165) is 13.1 Å². The van der Waals surface area contributed by atoms with E-state index in [2.05, 4.69) is 50.3 Å². The largest absolute Gasteiger partial charge is 0.313 e. The number of nitrogens with one attached hydrogen (secondary N) is 1. The Hall–Kier alpha value is -0.120. The van der Waals surface area contributed by atoms with E-state index in [1.165, 1.54) is 0 Å². The first kappa shape index (κ1) is 10.9. The Bertz CT molecular complexity index is 91.3. The van der Waals surface area contributed by atoms with Crippen LogP contribution in [0.5, 0.6) is 0 Å². The van der Waals surface area contributed by atoms with Gasteiger partial charge in [-0.25, -0.2) is 10.0 Å². The van der Waals surface area contributed by atoms with Crippen molar-refractivity contribution in [2.45, 2.75) is 19.9 Å². The number of hydrazine groups is 1. The zero-order chi connectivity index (χ0) is 8.85. The van der Waals surface area contributed by atoms with Crippen LogP contribution in [0.25, 0.3) is 0 Å². The molecule has 68 valence electrons. The molecule has 0 spiro atoms. The number of nitrogens with zero attached hydrogens (tertiary/aromatic N) is 2. The van der Waals surface area contributed by atoms with Crippen molar-refractivity contribution < 1.29 is 0 Å². The van der Waals surface area contributed by atoms with Gasteiger partial charge in [0.25, 0.3) is 0 Å². The van der Waals surface area contributed by atoms with E-state index in [4.69, 9.17) is 0 Å². The van der Waals surface area contributed by atoms with Gasteiger partial charge in [0, 0.05) is 40.3 Å². The van der Waals surface area contributed by atoms with Crippen molar-refractivity contribution in [1.82, 2.24) is 15.3 Å². The molecule has 0 rings (SSSR count). The molecule has 3 nitrogen and oxygen atoms in total. The standard InChI is InChI=1S/C8H21N3/c1-8(2)9-6-7-11(5)10(3)4/h8-9H,6-7H2,1-5H3. The van der Waals surface area contributed by atoms with Crippen molar-refractivity contribution >= 4 is 0 Å². The lowest BCUT2D eigenvalue weighted by atomic mass is 10.4. The summed E-state index contributed by atoms with van der Waals surface area (Å²) in [6.45, 7) is 6.43. The van der Waals surface area contributed by atoms with Gasteiger partial charge in [0.1, 0.15) is 0 Å². The van der Waals surface area contributed by atoms with Crippen LogP contribution in [0.4, 0.5) is 0 Å². The van der Waals surface area contributed by atoms with E-state index in [1.54, 1.807) is 0 Å². The maximum atomic E-state index is 3.36. The van der Waals surface area contributed by atoms with Gasteiger partial charge in [0.05, 0.1) is 0 Å². The van der Waals surface area contributed by atoms with Crippen LogP contribution in [0.15, 0.2) is 0 Å². The molecule has 0 bridgehead atoms. The SMILES string of the molecule is CC(C)NCCN(C)N(C)C. The molecular weight excluding hydrogens is 138 g/mol. The van der Waals surface area contributed by atoms with Crippen molar-refractivity contribution in [1.29, 1.82) is 0 Å². The van der Waals surface area contributed by atoms with Crippen LogP contribution in [0.3, 0.4) is 0 Å². The third kappa shape index (κ3) is 6.28. The van der Waals surface area contributed by atoms with Gasteiger partial charge in [-0.3, -0.25) is 0 Å². The highest BCUT2D eigenvalue weighted by molar-refractivity contribution is 4.54. The molecule has 0 aromatic heterocycles. The molecule has 11 heavy (non-hydrogen) atoms. The third-order valence-corrected chi connectivity index (χ3v) is 1.67. The molecule has 0 aromatic rings. The molecule has 1 N–H and O–H groups in total. The first-order valence-corrected chi connectivity index (χ1v) is 4.15.